The number of halogens is 1. The number of aliphatic imine (C=N–C) groups is 1. The molecule has 28 heavy (non-hydrogen) atoms. The van der Waals surface area contributed by atoms with Gasteiger partial charge in [0.05, 0.1) is 6.54 Å². The summed E-state index contributed by atoms with van der Waals surface area (Å²) in [6.45, 7) is 5.59. The summed E-state index contributed by atoms with van der Waals surface area (Å²) < 4.78 is 0. The molecule has 0 bridgehead atoms. The Morgan fingerprint density at radius 3 is 2.29 bits per heavy atom. The molecule has 2 aromatic carbocycles. The molecule has 0 spiro atoms. The third-order valence-corrected chi connectivity index (χ3v) is 5.01. The molecule has 0 aliphatic carbocycles. The Balaban J connectivity index is 0.00000280. The number of nitrogens with zero attached hydrogens (tertiary/aromatic N) is 2. The van der Waals surface area contributed by atoms with Crippen molar-refractivity contribution in [3.63, 3.8) is 0 Å². The molecule has 0 unspecified atom stereocenters. The molecule has 0 saturated carbocycles. The van der Waals surface area contributed by atoms with Gasteiger partial charge in [-0.3, -0.25) is 4.79 Å². The maximum atomic E-state index is 11.8. The monoisotopic (exact) mass is 492 g/mol. The Bertz CT molecular complexity index is 811. The zero-order chi connectivity index (χ0) is 19.2. The van der Waals surface area contributed by atoms with Crippen molar-refractivity contribution in [1.29, 1.82) is 0 Å². The highest BCUT2D eigenvalue weighted by atomic mass is 127. The van der Waals surface area contributed by atoms with Crippen LogP contribution in [0.1, 0.15) is 43.4 Å². The number of anilines is 2. The number of aryl methyl sites for hydroxylation is 2. The van der Waals surface area contributed by atoms with Crippen molar-refractivity contribution >= 4 is 47.2 Å². The van der Waals surface area contributed by atoms with Crippen LogP contribution in [0.3, 0.4) is 0 Å². The number of carbonyl (C=O) groups is 1. The Labute approximate surface area is 184 Å². The lowest BCUT2D eigenvalue weighted by atomic mass is 10.0. The summed E-state index contributed by atoms with van der Waals surface area (Å²) in [6, 6.07) is 14.3. The van der Waals surface area contributed by atoms with Crippen molar-refractivity contribution in [2.75, 3.05) is 16.8 Å². The average molecular weight is 492 g/mol. The Morgan fingerprint density at radius 1 is 1.11 bits per heavy atom. The minimum Gasteiger partial charge on any atom is -0.370 e. The highest BCUT2D eigenvalue weighted by molar-refractivity contribution is 14.0. The molecule has 1 aliphatic heterocycles. The van der Waals surface area contributed by atoms with E-state index < -0.39 is 0 Å². The van der Waals surface area contributed by atoms with E-state index in [1.165, 1.54) is 11.1 Å². The van der Waals surface area contributed by atoms with Gasteiger partial charge in [-0.25, -0.2) is 4.99 Å². The number of hydrogen-bond acceptors (Lipinski definition) is 2. The molecule has 3 rings (SSSR count). The predicted octanol–water partition coefficient (Wildman–Crippen LogP) is 4.48. The summed E-state index contributed by atoms with van der Waals surface area (Å²) in [4.78, 5) is 18.2. The van der Waals surface area contributed by atoms with E-state index in [0.717, 1.165) is 42.7 Å². The molecule has 3 N–H and O–H groups in total. The fraction of sp³-hybridized carbons (Fsp3) is 0.364. The van der Waals surface area contributed by atoms with Gasteiger partial charge >= 0.3 is 0 Å². The number of nitrogens with one attached hydrogen (secondary N) is 1. The van der Waals surface area contributed by atoms with Crippen LogP contribution in [0.25, 0.3) is 0 Å². The van der Waals surface area contributed by atoms with Gasteiger partial charge in [0, 0.05) is 24.3 Å². The maximum absolute atomic E-state index is 11.8. The van der Waals surface area contributed by atoms with Gasteiger partial charge in [-0.15, -0.1) is 24.0 Å². The van der Waals surface area contributed by atoms with Crippen LogP contribution < -0.4 is 16.0 Å². The lowest BCUT2D eigenvalue weighted by Gasteiger charge is -2.16. The number of amides is 1. The highest BCUT2D eigenvalue weighted by Gasteiger charge is 2.21. The van der Waals surface area contributed by atoms with Crippen LogP contribution in [0.4, 0.5) is 11.4 Å². The fourth-order valence-electron chi connectivity index (χ4n) is 3.45. The van der Waals surface area contributed by atoms with Crippen LogP contribution in [0.15, 0.2) is 47.5 Å². The van der Waals surface area contributed by atoms with Crippen molar-refractivity contribution in [3.05, 3.63) is 59.2 Å². The van der Waals surface area contributed by atoms with Gasteiger partial charge in [-0.05, 0) is 48.1 Å². The van der Waals surface area contributed by atoms with Crippen molar-refractivity contribution in [2.24, 2.45) is 10.7 Å². The van der Waals surface area contributed by atoms with E-state index in [9.17, 15) is 4.79 Å². The van der Waals surface area contributed by atoms with Crippen molar-refractivity contribution < 1.29 is 4.79 Å². The number of carbonyl (C=O) groups excluding carboxylic acids is 1. The molecule has 1 saturated heterocycles. The van der Waals surface area contributed by atoms with E-state index in [1.807, 2.05) is 29.2 Å². The van der Waals surface area contributed by atoms with Crippen molar-refractivity contribution in [2.45, 2.75) is 46.1 Å². The second-order valence-corrected chi connectivity index (χ2v) is 6.80. The summed E-state index contributed by atoms with van der Waals surface area (Å²) >= 11 is 0. The van der Waals surface area contributed by atoms with Crippen molar-refractivity contribution in [1.82, 2.24) is 0 Å². The maximum Gasteiger partial charge on any atom is 0.227 e. The van der Waals surface area contributed by atoms with Crippen LogP contribution in [0.5, 0.6) is 0 Å². The van der Waals surface area contributed by atoms with Gasteiger partial charge in [0.25, 0.3) is 0 Å². The largest absolute Gasteiger partial charge is 0.370 e. The Kier molecular flexibility index (Phi) is 8.29. The first-order chi connectivity index (χ1) is 13.1. The summed E-state index contributed by atoms with van der Waals surface area (Å²) in [6.07, 6.45) is 3.47. The molecule has 1 aliphatic rings. The quantitative estimate of drug-likeness (QED) is 0.355. The number of rotatable bonds is 6. The molecule has 2 aromatic rings. The molecule has 150 valence electrons. The van der Waals surface area contributed by atoms with Gasteiger partial charge < -0.3 is 16.0 Å². The van der Waals surface area contributed by atoms with Crippen LogP contribution >= 0.6 is 24.0 Å². The second kappa shape index (κ2) is 10.5. The Hall–Kier alpha value is -2.09. The highest BCUT2D eigenvalue weighted by Crippen LogP contribution is 2.23. The minimum absolute atomic E-state index is 0. The minimum atomic E-state index is 0. The second-order valence-electron chi connectivity index (χ2n) is 6.80. The van der Waals surface area contributed by atoms with E-state index in [-0.39, 0.29) is 29.9 Å². The van der Waals surface area contributed by atoms with E-state index >= 15 is 0 Å². The lowest BCUT2D eigenvalue weighted by molar-refractivity contribution is -0.117. The molecule has 6 heteroatoms. The first kappa shape index (κ1) is 22.2. The first-order valence-corrected chi connectivity index (χ1v) is 9.69. The van der Waals surface area contributed by atoms with Gasteiger partial charge in [0.2, 0.25) is 5.91 Å². The average Bonchev–Trinajstić information content (AvgIpc) is 3.13. The number of guanidine groups is 1. The summed E-state index contributed by atoms with van der Waals surface area (Å²) in [5.74, 6) is 0.625. The third kappa shape index (κ3) is 5.25. The molecule has 0 aromatic heterocycles. The van der Waals surface area contributed by atoms with E-state index in [1.54, 1.807) is 0 Å². The molecular formula is C22H29IN4O. The van der Waals surface area contributed by atoms with Gasteiger partial charge in [-0.1, -0.05) is 44.2 Å². The predicted molar refractivity (Wildman–Crippen MR) is 128 cm³/mol. The molecule has 5 nitrogen and oxygen atoms in total. The normalized spacial score (nSPS) is 14.1. The zero-order valence-corrected chi connectivity index (χ0v) is 18.9. The number of hydrogen-bond donors (Lipinski definition) is 2. The molecular weight excluding hydrogens is 463 g/mol. The molecule has 1 heterocycles. The van der Waals surface area contributed by atoms with E-state index in [0.29, 0.717) is 18.9 Å². The van der Waals surface area contributed by atoms with Crippen LogP contribution in [-0.4, -0.2) is 18.4 Å². The standard InChI is InChI=1S/C22H28N4O.HI/c1-3-17-7-5-8-18(4-2)21(17)25-22(23)24-15-16-10-12-19(13-11-16)26-14-6-9-20(26)27;/h5,7-8,10-13H,3-4,6,9,14-15H2,1-2H3,(H3,23,24,25);1H. The third-order valence-electron chi connectivity index (χ3n) is 5.01. The van der Waals surface area contributed by atoms with Gasteiger partial charge in [-0.2, -0.15) is 0 Å². The number of para-hydroxylation sites is 1. The molecule has 0 radical (unpaired) electrons. The van der Waals surface area contributed by atoms with Crippen LogP contribution in [0, 0.1) is 0 Å². The number of nitrogens with two attached hydrogens (primary N) is 1. The van der Waals surface area contributed by atoms with Crippen LogP contribution in [0.2, 0.25) is 0 Å². The Morgan fingerprint density at radius 2 is 1.75 bits per heavy atom. The van der Waals surface area contributed by atoms with Crippen molar-refractivity contribution in [3.8, 4) is 0 Å². The zero-order valence-electron chi connectivity index (χ0n) is 16.6. The molecule has 1 fully saturated rings. The summed E-state index contributed by atoms with van der Waals surface area (Å²) in [7, 11) is 0. The van der Waals surface area contributed by atoms with E-state index in [2.05, 4.69) is 42.4 Å². The number of benzene rings is 2. The fourth-order valence-corrected chi connectivity index (χ4v) is 3.45. The summed E-state index contributed by atoms with van der Waals surface area (Å²) in [5, 5.41) is 3.29. The molecule has 0 atom stereocenters. The summed E-state index contributed by atoms with van der Waals surface area (Å²) in [5.41, 5.74) is 11.7. The molecule has 1 amide bonds. The lowest BCUT2D eigenvalue weighted by Crippen LogP contribution is -2.24. The van der Waals surface area contributed by atoms with E-state index in [4.69, 9.17) is 5.73 Å². The van der Waals surface area contributed by atoms with Crippen LogP contribution in [-0.2, 0) is 24.2 Å². The smallest absolute Gasteiger partial charge is 0.227 e. The SMILES string of the molecule is CCc1cccc(CC)c1NC(N)=NCc1ccc(N2CCCC2=O)cc1.I. The topological polar surface area (TPSA) is 70.7 Å². The first-order valence-electron chi connectivity index (χ1n) is 9.69. The van der Waals surface area contributed by atoms with Gasteiger partial charge in [0.1, 0.15) is 0 Å². The van der Waals surface area contributed by atoms with Gasteiger partial charge in [0.15, 0.2) is 5.96 Å².